The molecule has 0 atom stereocenters. The first-order valence-electron chi connectivity index (χ1n) is 11.4. The third kappa shape index (κ3) is 4.28. The van der Waals surface area contributed by atoms with Crippen LogP contribution < -0.4 is 0 Å². The lowest BCUT2D eigenvalue weighted by Gasteiger charge is -2.51. The molecule has 1 nitrogen and oxygen atoms in total. The second kappa shape index (κ2) is 9.76. The molecule has 3 saturated carbocycles. The maximum atomic E-state index is 6.86. The summed E-state index contributed by atoms with van der Waals surface area (Å²) in [4.78, 5) is 0. The second-order valence-electron chi connectivity index (χ2n) is 9.12. The smallest absolute Gasteiger partial charge is 0.146 e. The minimum Gasteiger partial charge on any atom is -0.422 e. The van der Waals surface area contributed by atoms with E-state index in [1.165, 1.54) is 116 Å². The van der Waals surface area contributed by atoms with Gasteiger partial charge in [-0.05, 0) is 56.3 Å². The van der Waals surface area contributed by atoms with Crippen molar-refractivity contribution in [2.24, 2.45) is 17.8 Å². The van der Waals surface area contributed by atoms with Crippen LogP contribution in [0.1, 0.15) is 116 Å². The van der Waals surface area contributed by atoms with Crippen LogP contribution in [-0.4, -0.2) is 16.1 Å². The molecule has 0 bridgehead atoms. The normalized spacial score (nSPS) is 27.5. The van der Waals surface area contributed by atoms with E-state index in [9.17, 15) is 0 Å². The van der Waals surface area contributed by atoms with Crippen LogP contribution in [-0.2, 0) is 4.43 Å². The lowest BCUT2D eigenvalue weighted by atomic mass is 9.62. The third-order valence-corrected chi connectivity index (χ3v) is 8.54. The first-order valence-corrected chi connectivity index (χ1v) is 12.2. The molecule has 0 heterocycles. The summed E-state index contributed by atoms with van der Waals surface area (Å²) in [6.07, 6.45) is 26.5. The molecule has 3 aliphatic rings. The monoisotopic (exact) mass is 350 g/mol. The minimum absolute atomic E-state index is 0.283. The molecule has 140 valence electrons. The highest BCUT2D eigenvalue weighted by Crippen LogP contribution is 2.51. The highest BCUT2D eigenvalue weighted by Gasteiger charge is 2.49. The van der Waals surface area contributed by atoms with E-state index in [0.717, 1.165) is 28.2 Å². The summed E-state index contributed by atoms with van der Waals surface area (Å²) in [7, 11) is 0.944. The molecule has 0 radical (unpaired) electrons. The molecule has 0 amide bonds. The molecular weight excluding hydrogens is 308 g/mol. The van der Waals surface area contributed by atoms with Crippen molar-refractivity contribution < 1.29 is 4.43 Å². The quantitative estimate of drug-likeness (QED) is 0.451. The van der Waals surface area contributed by atoms with Gasteiger partial charge in [0.1, 0.15) is 10.5 Å². The Bertz CT molecular complexity index is 282. The van der Waals surface area contributed by atoms with Gasteiger partial charge in [0.05, 0.1) is 5.60 Å². The Balaban J connectivity index is 1.89. The van der Waals surface area contributed by atoms with Gasteiger partial charge >= 0.3 is 0 Å². The Kier molecular flexibility index (Phi) is 7.71. The van der Waals surface area contributed by atoms with Gasteiger partial charge in [-0.1, -0.05) is 77.0 Å². The van der Waals surface area contributed by atoms with Crippen molar-refractivity contribution in [3.05, 3.63) is 0 Å². The fourth-order valence-corrected chi connectivity index (χ4v) is 7.69. The van der Waals surface area contributed by atoms with Crippen molar-refractivity contribution in [1.82, 2.24) is 0 Å². The Morgan fingerprint density at radius 1 is 0.458 bits per heavy atom. The van der Waals surface area contributed by atoms with E-state index in [1.807, 2.05) is 0 Å². The van der Waals surface area contributed by atoms with E-state index in [4.69, 9.17) is 4.43 Å². The highest BCUT2D eigenvalue weighted by atomic mass is 28.2. The van der Waals surface area contributed by atoms with Crippen molar-refractivity contribution in [2.75, 3.05) is 0 Å². The molecule has 3 rings (SSSR count). The molecule has 0 saturated heterocycles. The van der Waals surface area contributed by atoms with E-state index in [-0.39, 0.29) is 5.60 Å². The molecule has 0 aromatic heterocycles. The van der Waals surface area contributed by atoms with E-state index in [1.54, 1.807) is 0 Å². The van der Waals surface area contributed by atoms with Crippen LogP contribution in [0.2, 0.25) is 0 Å². The van der Waals surface area contributed by atoms with E-state index in [2.05, 4.69) is 0 Å². The average Bonchev–Trinajstić information content (AvgIpc) is 3.13. The first-order chi connectivity index (χ1) is 11.9. The van der Waals surface area contributed by atoms with Gasteiger partial charge in [0.25, 0.3) is 0 Å². The minimum atomic E-state index is 0.283. The lowest BCUT2D eigenvalue weighted by Crippen LogP contribution is -2.53. The summed E-state index contributed by atoms with van der Waals surface area (Å²) in [6.45, 7) is 0. The van der Waals surface area contributed by atoms with Gasteiger partial charge in [-0.3, -0.25) is 0 Å². The van der Waals surface area contributed by atoms with Crippen molar-refractivity contribution in [2.45, 2.75) is 121 Å². The van der Waals surface area contributed by atoms with Crippen LogP contribution in [0.15, 0.2) is 0 Å². The number of rotatable bonds is 4. The van der Waals surface area contributed by atoms with Crippen LogP contribution in [0.4, 0.5) is 0 Å². The van der Waals surface area contributed by atoms with E-state index in [0.29, 0.717) is 0 Å². The van der Waals surface area contributed by atoms with Gasteiger partial charge in [0, 0.05) is 0 Å². The zero-order chi connectivity index (χ0) is 16.7. The molecule has 24 heavy (non-hydrogen) atoms. The van der Waals surface area contributed by atoms with Crippen LogP contribution in [0.5, 0.6) is 0 Å². The molecule has 0 N–H and O–H groups in total. The maximum absolute atomic E-state index is 6.86. The van der Waals surface area contributed by atoms with Gasteiger partial charge in [-0.15, -0.1) is 0 Å². The summed E-state index contributed by atoms with van der Waals surface area (Å²) < 4.78 is 6.86. The summed E-state index contributed by atoms with van der Waals surface area (Å²) in [5.41, 5.74) is 0.283. The zero-order valence-corrected chi connectivity index (χ0v) is 18.4. The highest BCUT2D eigenvalue weighted by molar-refractivity contribution is 5.98. The van der Waals surface area contributed by atoms with Crippen LogP contribution in [0.25, 0.3) is 0 Å². The van der Waals surface area contributed by atoms with E-state index < -0.39 is 0 Å². The standard InChI is InChI=1S/C22H42OSi/c24-23-22(19-13-7-1-2-8-14-19,20-15-9-3-4-10-16-20)21-17-11-5-6-12-18-21/h19-21H,1-18H2,24H3. The maximum Gasteiger partial charge on any atom is 0.146 e. The molecule has 0 spiro atoms. The van der Waals surface area contributed by atoms with Crippen LogP contribution in [0.3, 0.4) is 0 Å². The Morgan fingerprint density at radius 2 is 0.708 bits per heavy atom. The van der Waals surface area contributed by atoms with Gasteiger partial charge < -0.3 is 4.43 Å². The lowest BCUT2D eigenvalue weighted by molar-refractivity contribution is -0.103. The molecule has 2 heteroatoms. The Labute approximate surface area is 154 Å². The van der Waals surface area contributed by atoms with E-state index >= 15 is 0 Å². The van der Waals surface area contributed by atoms with Crippen molar-refractivity contribution >= 4 is 10.5 Å². The summed E-state index contributed by atoms with van der Waals surface area (Å²) in [5.74, 6) is 2.64. The fraction of sp³-hybridized carbons (Fsp3) is 1.00. The first kappa shape index (κ1) is 19.0. The SMILES string of the molecule is [SiH3]OC(C1CCCCCC1)(C1CCCCCC1)C1CCCCCC1. The molecule has 0 unspecified atom stereocenters. The van der Waals surface area contributed by atoms with Gasteiger partial charge in [0.15, 0.2) is 0 Å². The predicted octanol–water partition coefficient (Wildman–Crippen LogP) is 5.93. The number of hydrogen-bond donors (Lipinski definition) is 0. The van der Waals surface area contributed by atoms with Gasteiger partial charge in [-0.2, -0.15) is 0 Å². The topological polar surface area (TPSA) is 9.23 Å². The molecule has 3 aliphatic carbocycles. The largest absolute Gasteiger partial charge is 0.422 e. The predicted molar refractivity (Wildman–Crippen MR) is 107 cm³/mol. The summed E-state index contributed by atoms with van der Waals surface area (Å²) in [6, 6.07) is 0. The van der Waals surface area contributed by atoms with Gasteiger partial charge in [0.2, 0.25) is 0 Å². The van der Waals surface area contributed by atoms with Crippen molar-refractivity contribution in [3.8, 4) is 0 Å². The molecule has 0 aromatic rings. The average molecular weight is 351 g/mol. The Morgan fingerprint density at radius 3 is 0.917 bits per heavy atom. The number of hydrogen-bond acceptors (Lipinski definition) is 1. The summed E-state index contributed by atoms with van der Waals surface area (Å²) >= 11 is 0. The van der Waals surface area contributed by atoms with Crippen LogP contribution >= 0.6 is 0 Å². The second-order valence-corrected chi connectivity index (χ2v) is 9.53. The Hall–Kier alpha value is 0.177. The van der Waals surface area contributed by atoms with Crippen LogP contribution in [0, 0.1) is 17.8 Å². The molecule has 0 aliphatic heterocycles. The molecular formula is C22H42OSi. The summed E-state index contributed by atoms with van der Waals surface area (Å²) in [5, 5.41) is 0. The van der Waals surface area contributed by atoms with Crippen molar-refractivity contribution in [1.29, 1.82) is 0 Å². The molecule has 3 fully saturated rings. The third-order valence-electron chi connectivity index (χ3n) is 7.83. The zero-order valence-electron chi connectivity index (χ0n) is 16.4. The van der Waals surface area contributed by atoms with Crippen molar-refractivity contribution in [3.63, 3.8) is 0 Å². The fourth-order valence-electron chi connectivity index (χ4n) is 6.69. The molecule has 0 aromatic carbocycles. The van der Waals surface area contributed by atoms with Gasteiger partial charge in [-0.25, -0.2) is 0 Å².